The molecule has 0 aliphatic carbocycles. The van der Waals surface area contributed by atoms with Crippen molar-refractivity contribution in [3.63, 3.8) is 0 Å². The van der Waals surface area contributed by atoms with Crippen LogP contribution < -0.4 is 5.32 Å². The molecule has 6 heteroatoms. The first kappa shape index (κ1) is 20.9. The van der Waals surface area contributed by atoms with Gasteiger partial charge in [0.2, 0.25) is 5.91 Å². The van der Waals surface area contributed by atoms with Crippen LogP contribution in [0.2, 0.25) is 0 Å². The number of nitrogens with zero attached hydrogens (tertiary/aromatic N) is 3. The molecule has 4 aromatic rings. The third-order valence-corrected chi connectivity index (χ3v) is 5.98. The molecule has 31 heavy (non-hydrogen) atoms. The van der Waals surface area contributed by atoms with Crippen LogP contribution in [0.3, 0.4) is 0 Å². The number of benzene rings is 3. The van der Waals surface area contributed by atoms with Crippen molar-refractivity contribution in [3.05, 3.63) is 89.5 Å². The Bertz CT molecular complexity index is 1210. The van der Waals surface area contributed by atoms with Gasteiger partial charge < -0.3 is 5.32 Å². The average Bonchev–Trinajstić information content (AvgIpc) is 3.18. The van der Waals surface area contributed by atoms with Gasteiger partial charge in [-0.25, -0.2) is 0 Å². The topological polar surface area (TPSA) is 59.8 Å². The maximum Gasteiger partial charge on any atom is 0.234 e. The number of para-hydroxylation sites is 2. The van der Waals surface area contributed by atoms with Gasteiger partial charge in [0.05, 0.1) is 11.4 Å². The Balaban J connectivity index is 1.63. The van der Waals surface area contributed by atoms with Crippen molar-refractivity contribution < 1.29 is 4.79 Å². The van der Waals surface area contributed by atoms with E-state index in [9.17, 15) is 4.79 Å². The van der Waals surface area contributed by atoms with Gasteiger partial charge in [0.1, 0.15) is 0 Å². The number of carbonyl (C=O) groups excluding carboxylic acids is 1. The quantitative estimate of drug-likeness (QED) is 0.407. The lowest BCUT2D eigenvalue weighted by atomic mass is 10.1. The molecule has 0 spiro atoms. The fraction of sp³-hybridized carbons (Fsp3) is 0.160. The third-order valence-electron chi connectivity index (χ3n) is 5.05. The number of amides is 1. The van der Waals surface area contributed by atoms with Gasteiger partial charge in [0.25, 0.3) is 0 Å². The van der Waals surface area contributed by atoms with Crippen LogP contribution in [0.15, 0.2) is 78.0 Å². The van der Waals surface area contributed by atoms with Crippen LogP contribution >= 0.6 is 11.8 Å². The molecule has 1 heterocycles. The molecule has 5 nitrogen and oxygen atoms in total. The van der Waals surface area contributed by atoms with Gasteiger partial charge in [-0.2, -0.15) is 0 Å². The number of rotatable bonds is 6. The first-order chi connectivity index (χ1) is 15.0. The summed E-state index contributed by atoms with van der Waals surface area (Å²) in [7, 11) is 0. The van der Waals surface area contributed by atoms with Crippen LogP contribution in [0.1, 0.15) is 16.7 Å². The van der Waals surface area contributed by atoms with Crippen molar-refractivity contribution >= 4 is 23.4 Å². The fourth-order valence-corrected chi connectivity index (χ4v) is 4.06. The minimum Gasteiger partial charge on any atom is -0.325 e. The molecule has 0 unspecified atom stereocenters. The minimum atomic E-state index is -0.0736. The molecule has 0 saturated carbocycles. The second-order valence-electron chi connectivity index (χ2n) is 7.45. The second-order valence-corrected chi connectivity index (χ2v) is 8.39. The summed E-state index contributed by atoms with van der Waals surface area (Å²) in [6, 6.07) is 24.1. The number of aromatic nitrogens is 3. The Labute approximate surface area is 186 Å². The van der Waals surface area contributed by atoms with Crippen molar-refractivity contribution in [1.82, 2.24) is 14.8 Å². The summed E-state index contributed by atoms with van der Waals surface area (Å²) in [4.78, 5) is 12.6. The highest BCUT2D eigenvalue weighted by atomic mass is 32.2. The van der Waals surface area contributed by atoms with Crippen LogP contribution in [-0.4, -0.2) is 26.4 Å². The van der Waals surface area contributed by atoms with Gasteiger partial charge >= 0.3 is 0 Å². The molecule has 4 rings (SSSR count). The van der Waals surface area contributed by atoms with Crippen LogP contribution in [0.5, 0.6) is 0 Å². The van der Waals surface area contributed by atoms with Crippen LogP contribution in [0.4, 0.5) is 5.69 Å². The predicted molar refractivity (Wildman–Crippen MR) is 127 cm³/mol. The highest BCUT2D eigenvalue weighted by Gasteiger charge is 2.18. The summed E-state index contributed by atoms with van der Waals surface area (Å²) < 4.78 is 2.03. The predicted octanol–water partition coefficient (Wildman–Crippen LogP) is 5.59. The standard InChI is InChI=1S/C25H24N4OS/c1-17-12-14-20(15-13-17)24-27-28-25(29(24)22-11-7-5-9-19(22)3)31-16-23(30)26-21-10-6-4-8-18(21)2/h4-15H,16H2,1-3H3,(H,26,30). The molecule has 0 fully saturated rings. The van der Waals surface area contributed by atoms with E-state index in [2.05, 4.69) is 47.6 Å². The van der Waals surface area contributed by atoms with Gasteiger partial charge in [-0.3, -0.25) is 9.36 Å². The molecule has 0 radical (unpaired) electrons. The smallest absolute Gasteiger partial charge is 0.234 e. The van der Waals surface area contributed by atoms with E-state index in [4.69, 9.17) is 0 Å². The maximum atomic E-state index is 12.6. The zero-order valence-electron chi connectivity index (χ0n) is 17.8. The minimum absolute atomic E-state index is 0.0736. The molecule has 1 aromatic heterocycles. The van der Waals surface area contributed by atoms with Gasteiger partial charge in [0.15, 0.2) is 11.0 Å². The van der Waals surface area contributed by atoms with E-state index in [0.29, 0.717) is 5.16 Å². The van der Waals surface area contributed by atoms with E-state index >= 15 is 0 Å². The first-order valence-electron chi connectivity index (χ1n) is 10.1. The highest BCUT2D eigenvalue weighted by molar-refractivity contribution is 7.99. The number of carbonyl (C=O) groups is 1. The zero-order valence-corrected chi connectivity index (χ0v) is 18.6. The summed E-state index contributed by atoms with van der Waals surface area (Å²) in [5.41, 5.74) is 6.15. The maximum absolute atomic E-state index is 12.6. The number of aryl methyl sites for hydroxylation is 3. The van der Waals surface area contributed by atoms with Crippen molar-refractivity contribution in [3.8, 4) is 17.1 Å². The average molecular weight is 429 g/mol. The third kappa shape index (κ3) is 4.70. The van der Waals surface area contributed by atoms with E-state index in [-0.39, 0.29) is 11.7 Å². The number of nitrogens with one attached hydrogen (secondary N) is 1. The van der Waals surface area contributed by atoms with E-state index < -0.39 is 0 Å². The lowest BCUT2D eigenvalue weighted by Gasteiger charge is -2.13. The molecule has 0 bridgehead atoms. The molecule has 0 saturated heterocycles. The SMILES string of the molecule is Cc1ccc(-c2nnc(SCC(=O)Nc3ccccc3C)n2-c2ccccc2C)cc1. The monoisotopic (exact) mass is 428 g/mol. The van der Waals surface area contributed by atoms with Crippen molar-refractivity contribution in [2.24, 2.45) is 0 Å². The molecule has 0 aliphatic heterocycles. The van der Waals surface area contributed by atoms with Crippen molar-refractivity contribution in [2.45, 2.75) is 25.9 Å². The fourth-order valence-electron chi connectivity index (χ4n) is 3.31. The van der Waals surface area contributed by atoms with Crippen LogP contribution in [0.25, 0.3) is 17.1 Å². The van der Waals surface area contributed by atoms with Gasteiger partial charge in [-0.15, -0.1) is 10.2 Å². The summed E-state index contributed by atoms with van der Waals surface area (Å²) in [5, 5.41) is 12.6. The summed E-state index contributed by atoms with van der Waals surface area (Å²) >= 11 is 1.38. The second kappa shape index (κ2) is 9.18. The Morgan fingerprint density at radius 2 is 1.55 bits per heavy atom. The molecule has 0 aliphatic rings. The lowest BCUT2D eigenvalue weighted by Crippen LogP contribution is -2.15. The van der Waals surface area contributed by atoms with Gasteiger partial charge in [-0.05, 0) is 44.0 Å². The normalized spacial score (nSPS) is 10.8. The van der Waals surface area contributed by atoms with E-state index in [1.807, 2.05) is 66.1 Å². The Hall–Kier alpha value is -3.38. The lowest BCUT2D eigenvalue weighted by molar-refractivity contribution is -0.113. The number of thioether (sulfide) groups is 1. The Kier molecular flexibility index (Phi) is 6.18. The molecule has 156 valence electrons. The molecule has 3 aromatic carbocycles. The zero-order chi connectivity index (χ0) is 21.8. The molecule has 1 N–H and O–H groups in total. The molecular weight excluding hydrogens is 404 g/mol. The van der Waals surface area contributed by atoms with E-state index in [0.717, 1.165) is 33.9 Å². The van der Waals surface area contributed by atoms with E-state index in [1.54, 1.807) is 0 Å². The molecule has 0 atom stereocenters. The van der Waals surface area contributed by atoms with Crippen molar-refractivity contribution in [2.75, 3.05) is 11.1 Å². The Morgan fingerprint density at radius 3 is 2.26 bits per heavy atom. The summed E-state index contributed by atoms with van der Waals surface area (Å²) in [6.45, 7) is 6.10. The van der Waals surface area contributed by atoms with Crippen molar-refractivity contribution in [1.29, 1.82) is 0 Å². The largest absolute Gasteiger partial charge is 0.325 e. The first-order valence-corrected chi connectivity index (χ1v) is 11.1. The number of hydrogen-bond donors (Lipinski definition) is 1. The van der Waals surface area contributed by atoms with Crippen LogP contribution in [0, 0.1) is 20.8 Å². The summed E-state index contributed by atoms with van der Waals surface area (Å²) in [5.74, 6) is 0.929. The molecule has 1 amide bonds. The number of hydrogen-bond acceptors (Lipinski definition) is 4. The Morgan fingerprint density at radius 1 is 0.871 bits per heavy atom. The highest BCUT2D eigenvalue weighted by Crippen LogP contribution is 2.29. The van der Waals surface area contributed by atoms with E-state index in [1.165, 1.54) is 17.3 Å². The number of anilines is 1. The van der Waals surface area contributed by atoms with Gasteiger partial charge in [0, 0.05) is 11.3 Å². The molecular formula is C25H24N4OS. The van der Waals surface area contributed by atoms with Gasteiger partial charge in [-0.1, -0.05) is 78.0 Å². The van der Waals surface area contributed by atoms with Crippen LogP contribution in [-0.2, 0) is 4.79 Å². The summed E-state index contributed by atoms with van der Waals surface area (Å²) in [6.07, 6.45) is 0.